The van der Waals surface area contributed by atoms with Gasteiger partial charge in [-0.15, -0.1) is 0 Å². The van der Waals surface area contributed by atoms with Crippen molar-refractivity contribution in [3.8, 4) is 11.4 Å². The summed E-state index contributed by atoms with van der Waals surface area (Å²) in [6.07, 6.45) is 0. The number of carbonyl (C=O) groups excluding carboxylic acids is 1. The maximum Gasteiger partial charge on any atom is 0.246 e. The summed E-state index contributed by atoms with van der Waals surface area (Å²) < 4.78 is 5.27. The molecule has 5 nitrogen and oxygen atoms in total. The van der Waals surface area contributed by atoms with Crippen LogP contribution in [-0.2, 0) is 11.3 Å². The van der Waals surface area contributed by atoms with Crippen molar-refractivity contribution in [3.05, 3.63) is 35.7 Å². The van der Waals surface area contributed by atoms with Crippen LogP contribution in [0.1, 0.15) is 32.2 Å². The van der Waals surface area contributed by atoms with Crippen LogP contribution in [0.4, 0.5) is 0 Å². The monoisotopic (exact) mass is 287 g/mol. The van der Waals surface area contributed by atoms with E-state index in [1.807, 2.05) is 52.0 Å². The van der Waals surface area contributed by atoms with E-state index >= 15 is 0 Å². The first-order chi connectivity index (χ1) is 10.0. The zero-order valence-corrected chi connectivity index (χ0v) is 13.0. The first-order valence-corrected chi connectivity index (χ1v) is 7.19. The third-order valence-corrected chi connectivity index (χ3v) is 3.26. The molecule has 0 radical (unpaired) electrons. The topological polar surface area (TPSA) is 59.2 Å². The smallest absolute Gasteiger partial charge is 0.246 e. The average molecular weight is 287 g/mol. The lowest BCUT2D eigenvalue weighted by atomic mass is 10.1. The molecule has 0 unspecified atom stereocenters. The molecule has 0 N–H and O–H groups in total. The van der Waals surface area contributed by atoms with Crippen LogP contribution in [0.3, 0.4) is 0 Å². The average Bonchev–Trinajstić information content (AvgIpc) is 2.92. The van der Waals surface area contributed by atoms with Gasteiger partial charge in [-0.3, -0.25) is 4.79 Å². The van der Waals surface area contributed by atoms with Gasteiger partial charge in [0.05, 0.1) is 6.54 Å². The van der Waals surface area contributed by atoms with Crippen molar-refractivity contribution in [1.82, 2.24) is 15.0 Å². The van der Waals surface area contributed by atoms with E-state index < -0.39 is 0 Å². The van der Waals surface area contributed by atoms with E-state index in [0.717, 1.165) is 11.1 Å². The minimum absolute atomic E-state index is 0.0379. The quantitative estimate of drug-likeness (QED) is 0.848. The number of nitrogens with zero attached hydrogens (tertiary/aromatic N) is 3. The highest BCUT2D eigenvalue weighted by molar-refractivity contribution is 5.77. The zero-order valence-electron chi connectivity index (χ0n) is 13.0. The molecular formula is C16H21N3O2. The first kappa shape index (κ1) is 15.2. The predicted octanol–water partition coefficient (Wildman–Crippen LogP) is 3.05. The number of hydrogen-bond acceptors (Lipinski definition) is 4. The Morgan fingerprint density at radius 1 is 1.38 bits per heavy atom. The number of aromatic nitrogens is 2. The summed E-state index contributed by atoms with van der Waals surface area (Å²) in [6.45, 7) is 8.71. The molecule has 0 saturated heterocycles. The summed E-state index contributed by atoms with van der Waals surface area (Å²) in [5.41, 5.74) is 2.06. The molecule has 0 aliphatic rings. The third-order valence-electron chi connectivity index (χ3n) is 3.26. The van der Waals surface area contributed by atoms with Crippen LogP contribution < -0.4 is 0 Å². The molecule has 0 saturated carbocycles. The van der Waals surface area contributed by atoms with E-state index in [4.69, 9.17) is 4.52 Å². The van der Waals surface area contributed by atoms with Crippen LogP contribution in [0, 0.1) is 12.8 Å². The van der Waals surface area contributed by atoms with Crippen molar-refractivity contribution in [2.75, 3.05) is 6.54 Å². The Kier molecular flexibility index (Phi) is 4.73. The molecule has 0 bridgehead atoms. The van der Waals surface area contributed by atoms with Gasteiger partial charge in [0.1, 0.15) is 0 Å². The predicted molar refractivity (Wildman–Crippen MR) is 80.4 cm³/mol. The molecule has 21 heavy (non-hydrogen) atoms. The Morgan fingerprint density at radius 3 is 2.76 bits per heavy atom. The highest BCUT2D eigenvalue weighted by Crippen LogP contribution is 2.17. The second-order valence-electron chi connectivity index (χ2n) is 5.39. The maximum absolute atomic E-state index is 12.0. The van der Waals surface area contributed by atoms with Gasteiger partial charge < -0.3 is 9.42 Å². The fourth-order valence-electron chi connectivity index (χ4n) is 2.09. The fraction of sp³-hybridized carbons (Fsp3) is 0.438. The Morgan fingerprint density at radius 2 is 2.14 bits per heavy atom. The molecule has 0 spiro atoms. The van der Waals surface area contributed by atoms with Gasteiger partial charge in [-0.1, -0.05) is 42.8 Å². The van der Waals surface area contributed by atoms with Crippen LogP contribution in [0.2, 0.25) is 0 Å². The minimum atomic E-state index is -0.0379. The van der Waals surface area contributed by atoms with Gasteiger partial charge in [0.15, 0.2) is 0 Å². The molecule has 2 aromatic rings. The molecule has 1 heterocycles. The van der Waals surface area contributed by atoms with Crippen LogP contribution in [-0.4, -0.2) is 27.5 Å². The van der Waals surface area contributed by atoms with E-state index in [9.17, 15) is 4.79 Å². The van der Waals surface area contributed by atoms with Crippen LogP contribution in [0.15, 0.2) is 28.8 Å². The summed E-state index contributed by atoms with van der Waals surface area (Å²) in [4.78, 5) is 18.1. The SMILES string of the molecule is CCN(Cc1nc(-c2cccc(C)c2)no1)C(=O)C(C)C. The summed E-state index contributed by atoms with van der Waals surface area (Å²) in [7, 11) is 0. The van der Waals surface area contributed by atoms with E-state index in [1.165, 1.54) is 0 Å². The number of rotatable bonds is 5. The fourth-order valence-corrected chi connectivity index (χ4v) is 2.09. The normalized spacial score (nSPS) is 10.9. The van der Waals surface area contributed by atoms with Crippen molar-refractivity contribution in [2.24, 2.45) is 5.92 Å². The molecule has 1 aromatic heterocycles. The molecule has 1 amide bonds. The summed E-state index contributed by atoms with van der Waals surface area (Å²) in [5, 5.41) is 4.00. The molecule has 112 valence electrons. The number of carbonyl (C=O) groups is 1. The molecule has 5 heteroatoms. The molecule has 0 atom stereocenters. The zero-order chi connectivity index (χ0) is 15.4. The lowest BCUT2D eigenvalue weighted by molar-refractivity contribution is -0.135. The summed E-state index contributed by atoms with van der Waals surface area (Å²) in [5.74, 6) is 1.07. The Hall–Kier alpha value is -2.17. The highest BCUT2D eigenvalue weighted by Gasteiger charge is 2.19. The van der Waals surface area contributed by atoms with Crippen molar-refractivity contribution in [2.45, 2.75) is 34.2 Å². The van der Waals surface area contributed by atoms with Gasteiger partial charge in [0.25, 0.3) is 0 Å². The van der Waals surface area contributed by atoms with Gasteiger partial charge >= 0.3 is 0 Å². The molecular weight excluding hydrogens is 266 g/mol. The second kappa shape index (κ2) is 6.52. The van der Waals surface area contributed by atoms with Crippen molar-refractivity contribution < 1.29 is 9.32 Å². The van der Waals surface area contributed by atoms with Gasteiger partial charge in [0.2, 0.25) is 17.6 Å². The van der Waals surface area contributed by atoms with Gasteiger partial charge in [-0.2, -0.15) is 4.98 Å². The van der Waals surface area contributed by atoms with Crippen LogP contribution in [0.5, 0.6) is 0 Å². The van der Waals surface area contributed by atoms with Crippen LogP contribution >= 0.6 is 0 Å². The lowest BCUT2D eigenvalue weighted by Gasteiger charge is -2.20. The lowest BCUT2D eigenvalue weighted by Crippen LogP contribution is -2.33. The van der Waals surface area contributed by atoms with E-state index in [-0.39, 0.29) is 11.8 Å². The standard InChI is InChI=1S/C16H21N3O2/c1-5-19(16(20)11(2)3)10-14-17-15(18-21-14)13-8-6-7-12(4)9-13/h6-9,11H,5,10H2,1-4H3. The maximum atomic E-state index is 12.0. The number of benzene rings is 1. The van der Waals surface area contributed by atoms with Gasteiger partial charge in [-0.25, -0.2) is 0 Å². The summed E-state index contributed by atoms with van der Waals surface area (Å²) in [6, 6.07) is 7.93. The Bertz CT molecular complexity index is 619. The number of hydrogen-bond donors (Lipinski definition) is 0. The molecule has 2 rings (SSSR count). The Balaban J connectivity index is 2.14. The van der Waals surface area contributed by atoms with Crippen LogP contribution in [0.25, 0.3) is 11.4 Å². The van der Waals surface area contributed by atoms with Gasteiger partial charge in [-0.05, 0) is 19.9 Å². The van der Waals surface area contributed by atoms with Crippen molar-refractivity contribution in [3.63, 3.8) is 0 Å². The molecule has 0 aliphatic heterocycles. The number of aryl methyl sites for hydroxylation is 1. The number of amides is 1. The van der Waals surface area contributed by atoms with Crippen molar-refractivity contribution >= 4 is 5.91 Å². The van der Waals surface area contributed by atoms with Gasteiger partial charge in [0, 0.05) is 18.0 Å². The minimum Gasteiger partial charge on any atom is -0.337 e. The van der Waals surface area contributed by atoms with E-state index in [1.54, 1.807) is 4.90 Å². The first-order valence-electron chi connectivity index (χ1n) is 7.19. The highest BCUT2D eigenvalue weighted by atomic mass is 16.5. The second-order valence-corrected chi connectivity index (χ2v) is 5.39. The van der Waals surface area contributed by atoms with Crippen molar-refractivity contribution in [1.29, 1.82) is 0 Å². The molecule has 1 aromatic carbocycles. The van der Waals surface area contributed by atoms with E-state index in [0.29, 0.717) is 24.8 Å². The third kappa shape index (κ3) is 3.68. The molecule has 0 aliphatic carbocycles. The van der Waals surface area contributed by atoms with E-state index in [2.05, 4.69) is 10.1 Å². The molecule has 0 fully saturated rings. The Labute approximate surface area is 125 Å². The summed E-state index contributed by atoms with van der Waals surface area (Å²) >= 11 is 0. The largest absolute Gasteiger partial charge is 0.337 e.